The smallest absolute Gasteiger partial charge is 0.308 e. The molecule has 1 fully saturated rings. The first-order valence-electron chi connectivity index (χ1n) is 3.36. The zero-order chi connectivity index (χ0) is 8.97. The van der Waals surface area contributed by atoms with Gasteiger partial charge in [0.2, 0.25) is 0 Å². The minimum atomic E-state index is -0.295. The molecule has 0 aliphatic carbocycles. The molecule has 0 radical (unpaired) electrons. The lowest BCUT2D eigenvalue weighted by Crippen LogP contribution is -2.66. The Morgan fingerprint density at radius 1 is 1.58 bits per heavy atom. The number of thiocarbonyl (C=S) groups is 1. The number of rotatable bonds is 2. The molecule has 0 saturated carbocycles. The molecule has 4 N–H and O–H groups in total. The van der Waals surface area contributed by atoms with E-state index in [9.17, 15) is 4.79 Å². The molecule has 0 atom stereocenters. The molecular weight excluding hydrogens is 180 g/mol. The quantitative estimate of drug-likeness (QED) is 0.307. The Bertz CT molecular complexity index is 188. The average molecular weight is 190 g/mol. The standard InChI is InChI=1S/C5H10N4O2S/c1-11-4(10)2-3-6-8-5(12)9-7-3/h3,6-7H,2H2,1H3,(H2,8,9,12). The van der Waals surface area contributed by atoms with Crippen LogP contribution in [0.4, 0.5) is 0 Å². The van der Waals surface area contributed by atoms with Crippen molar-refractivity contribution in [2.45, 2.75) is 12.6 Å². The Morgan fingerprint density at radius 2 is 2.17 bits per heavy atom. The fourth-order valence-electron chi connectivity index (χ4n) is 0.725. The number of methoxy groups -OCH3 is 1. The second kappa shape index (κ2) is 4.19. The number of hydrazine groups is 2. The first-order valence-corrected chi connectivity index (χ1v) is 3.77. The van der Waals surface area contributed by atoms with Crippen LogP contribution >= 0.6 is 12.2 Å². The Hall–Kier alpha value is -0.920. The monoisotopic (exact) mass is 190 g/mol. The molecule has 1 aliphatic heterocycles. The molecule has 1 heterocycles. The van der Waals surface area contributed by atoms with Crippen LogP contribution in [0.2, 0.25) is 0 Å². The number of hydrogen-bond donors (Lipinski definition) is 4. The van der Waals surface area contributed by atoms with E-state index >= 15 is 0 Å². The van der Waals surface area contributed by atoms with Gasteiger partial charge in [-0.1, -0.05) is 0 Å². The number of carbonyl (C=O) groups excluding carboxylic acids is 1. The first kappa shape index (κ1) is 9.17. The summed E-state index contributed by atoms with van der Waals surface area (Å²) in [6.07, 6.45) is 0.00296. The molecule has 0 aromatic carbocycles. The molecule has 0 amide bonds. The Labute approximate surface area is 75.0 Å². The van der Waals surface area contributed by atoms with Crippen molar-refractivity contribution >= 4 is 23.3 Å². The van der Waals surface area contributed by atoms with Crippen molar-refractivity contribution in [1.29, 1.82) is 0 Å². The van der Waals surface area contributed by atoms with E-state index in [-0.39, 0.29) is 18.6 Å². The number of hydrogen-bond acceptors (Lipinski definition) is 5. The molecule has 0 unspecified atom stereocenters. The van der Waals surface area contributed by atoms with E-state index in [1.54, 1.807) is 0 Å². The van der Waals surface area contributed by atoms with Crippen LogP contribution in [0.15, 0.2) is 0 Å². The topological polar surface area (TPSA) is 74.4 Å². The van der Waals surface area contributed by atoms with Crippen molar-refractivity contribution in [3.05, 3.63) is 0 Å². The lowest BCUT2D eigenvalue weighted by molar-refractivity contribution is -0.141. The predicted octanol–water partition coefficient (Wildman–Crippen LogP) is -1.64. The minimum Gasteiger partial charge on any atom is -0.469 e. The zero-order valence-electron chi connectivity index (χ0n) is 6.51. The molecule has 0 bridgehead atoms. The highest BCUT2D eigenvalue weighted by Crippen LogP contribution is 1.90. The van der Waals surface area contributed by atoms with E-state index < -0.39 is 0 Å². The highest BCUT2D eigenvalue weighted by Gasteiger charge is 2.17. The van der Waals surface area contributed by atoms with Gasteiger partial charge >= 0.3 is 5.97 Å². The fraction of sp³-hybridized carbons (Fsp3) is 0.600. The van der Waals surface area contributed by atoms with Crippen LogP contribution in [0, 0.1) is 0 Å². The molecule has 1 saturated heterocycles. The Balaban J connectivity index is 2.26. The molecule has 68 valence electrons. The predicted molar refractivity (Wildman–Crippen MR) is 45.6 cm³/mol. The zero-order valence-corrected chi connectivity index (χ0v) is 7.33. The van der Waals surface area contributed by atoms with Crippen molar-refractivity contribution in [3.8, 4) is 0 Å². The van der Waals surface area contributed by atoms with Gasteiger partial charge in [-0.25, -0.2) is 10.9 Å². The maximum atomic E-state index is 10.8. The number of carbonyl (C=O) groups is 1. The van der Waals surface area contributed by atoms with Crippen molar-refractivity contribution < 1.29 is 9.53 Å². The van der Waals surface area contributed by atoms with Crippen LogP contribution in [0.3, 0.4) is 0 Å². The van der Waals surface area contributed by atoms with Crippen LogP contribution in [-0.2, 0) is 9.53 Å². The second-order valence-corrected chi connectivity index (χ2v) is 2.61. The van der Waals surface area contributed by atoms with E-state index in [1.165, 1.54) is 7.11 Å². The molecule has 0 aromatic rings. The maximum Gasteiger partial charge on any atom is 0.308 e. The minimum absolute atomic E-state index is 0.218. The summed E-state index contributed by atoms with van der Waals surface area (Å²) in [6.45, 7) is 0. The maximum absolute atomic E-state index is 10.8. The molecule has 12 heavy (non-hydrogen) atoms. The van der Waals surface area contributed by atoms with Gasteiger partial charge in [-0.15, -0.1) is 0 Å². The SMILES string of the molecule is COC(=O)CC1NNC(=S)NN1. The van der Waals surface area contributed by atoms with Gasteiger partial charge in [0.05, 0.1) is 13.5 Å². The number of ether oxygens (including phenoxy) is 1. The van der Waals surface area contributed by atoms with E-state index in [0.717, 1.165) is 0 Å². The van der Waals surface area contributed by atoms with Crippen LogP contribution in [0.5, 0.6) is 0 Å². The molecule has 1 rings (SSSR count). The second-order valence-electron chi connectivity index (χ2n) is 2.20. The summed E-state index contributed by atoms with van der Waals surface area (Å²) in [5.74, 6) is -0.295. The van der Waals surface area contributed by atoms with Crippen LogP contribution < -0.4 is 21.7 Å². The third-order valence-corrected chi connectivity index (χ3v) is 1.52. The summed E-state index contributed by atoms with van der Waals surface area (Å²) in [7, 11) is 1.34. The summed E-state index contributed by atoms with van der Waals surface area (Å²) >= 11 is 4.74. The molecular formula is C5H10N4O2S. The fourth-order valence-corrected chi connectivity index (χ4v) is 0.843. The van der Waals surface area contributed by atoms with Crippen molar-refractivity contribution in [1.82, 2.24) is 21.7 Å². The summed E-state index contributed by atoms with van der Waals surface area (Å²) in [5.41, 5.74) is 10.9. The summed E-state index contributed by atoms with van der Waals surface area (Å²) < 4.78 is 4.47. The normalized spacial score (nSPS) is 17.9. The van der Waals surface area contributed by atoms with E-state index in [4.69, 9.17) is 12.2 Å². The highest BCUT2D eigenvalue weighted by molar-refractivity contribution is 7.80. The summed E-state index contributed by atoms with van der Waals surface area (Å²) in [4.78, 5) is 10.8. The van der Waals surface area contributed by atoms with Crippen molar-refractivity contribution in [2.75, 3.05) is 7.11 Å². The molecule has 0 spiro atoms. The lowest BCUT2D eigenvalue weighted by atomic mass is 10.3. The van der Waals surface area contributed by atoms with Gasteiger partial charge in [0.1, 0.15) is 6.17 Å². The van der Waals surface area contributed by atoms with E-state index in [2.05, 4.69) is 26.4 Å². The van der Waals surface area contributed by atoms with E-state index in [1.807, 2.05) is 0 Å². The molecule has 7 heteroatoms. The highest BCUT2D eigenvalue weighted by atomic mass is 32.1. The summed E-state index contributed by atoms with van der Waals surface area (Å²) in [6, 6.07) is 0. The van der Waals surface area contributed by atoms with Crippen LogP contribution in [0.25, 0.3) is 0 Å². The van der Waals surface area contributed by atoms with Gasteiger partial charge in [-0.2, -0.15) is 0 Å². The lowest BCUT2D eigenvalue weighted by Gasteiger charge is -2.26. The summed E-state index contributed by atoms with van der Waals surface area (Å²) in [5, 5.41) is 0.441. The molecule has 1 aliphatic rings. The molecule has 0 aromatic heterocycles. The van der Waals surface area contributed by atoms with Crippen molar-refractivity contribution in [3.63, 3.8) is 0 Å². The number of nitrogens with one attached hydrogen (secondary N) is 4. The molecule has 6 nitrogen and oxygen atoms in total. The van der Waals surface area contributed by atoms with Gasteiger partial charge in [0.15, 0.2) is 5.11 Å². The van der Waals surface area contributed by atoms with Gasteiger partial charge in [-0.05, 0) is 12.2 Å². The third kappa shape index (κ3) is 2.61. The largest absolute Gasteiger partial charge is 0.469 e. The third-order valence-electron chi connectivity index (χ3n) is 1.32. The Kier molecular flexibility index (Phi) is 3.20. The van der Waals surface area contributed by atoms with Crippen LogP contribution in [0.1, 0.15) is 6.42 Å². The van der Waals surface area contributed by atoms with Gasteiger partial charge in [0.25, 0.3) is 0 Å². The Morgan fingerprint density at radius 3 is 2.67 bits per heavy atom. The van der Waals surface area contributed by atoms with Crippen molar-refractivity contribution in [2.24, 2.45) is 0 Å². The average Bonchev–Trinajstić information content (AvgIpc) is 2.09. The van der Waals surface area contributed by atoms with Gasteiger partial charge in [0, 0.05) is 0 Å². The van der Waals surface area contributed by atoms with Gasteiger partial charge in [-0.3, -0.25) is 15.6 Å². The van der Waals surface area contributed by atoms with Crippen LogP contribution in [-0.4, -0.2) is 24.4 Å². The van der Waals surface area contributed by atoms with E-state index in [0.29, 0.717) is 5.11 Å². The first-order chi connectivity index (χ1) is 5.72. The van der Waals surface area contributed by atoms with Gasteiger partial charge < -0.3 is 4.74 Å². The number of esters is 1.